The van der Waals surface area contributed by atoms with Gasteiger partial charge in [0.15, 0.2) is 12.4 Å². The van der Waals surface area contributed by atoms with E-state index in [9.17, 15) is 9.32 Å². The predicted molar refractivity (Wildman–Crippen MR) is 31.1 cm³/mol. The van der Waals surface area contributed by atoms with E-state index in [4.69, 9.17) is 15.3 Å². The summed E-state index contributed by atoms with van der Waals surface area (Å²) in [6.07, 6.45) is -5.11. The van der Waals surface area contributed by atoms with Crippen LogP contribution >= 0.6 is 0 Å². The van der Waals surface area contributed by atoms with Crippen LogP contribution in [0.15, 0.2) is 0 Å². The standard InChI is InChI=1S/C5H9FO5/c6-11-5(3(9)1-7)4(10)2-8/h1,3-5,8-10H,2H2/t3-,4+,5-/m0/s1. The van der Waals surface area contributed by atoms with Crippen molar-refractivity contribution in [1.29, 1.82) is 0 Å². The fourth-order valence-electron chi connectivity index (χ4n) is 0.521. The largest absolute Gasteiger partial charge is 0.394 e. The van der Waals surface area contributed by atoms with Crippen LogP contribution < -0.4 is 0 Å². The molecule has 0 aliphatic rings. The van der Waals surface area contributed by atoms with E-state index < -0.39 is 24.9 Å². The molecule has 3 N–H and O–H groups in total. The van der Waals surface area contributed by atoms with Crippen LogP contribution in [0.5, 0.6) is 0 Å². The maximum absolute atomic E-state index is 11.4. The van der Waals surface area contributed by atoms with Crippen LogP contribution in [0.2, 0.25) is 0 Å². The highest BCUT2D eigenvalue weighted by Crippen LogP contribution is 2.03. The van der Waals surface area contributed by atoms with E-state index >= 15 is 0 Å². The molecular formula is C5H9FO5. The van der Waals surface area contributed by atoms with Crippen molar-refractivity contribution in [3.05, 3.63) is 0 Å². The number of hydrogen-bond donors (Lipinski definition) is 3. The number of rotatable bonds is 5. The van der Waals surface area contributed by atoms with Crippen LogP contribution in [-0.2, 0) is 9.74 Å². The summed E-state index contributed by atoms with van der Waals surface area (Å²) in [5.41, 5.74) is 0. The van der Waals surface area contributed by atoms with E-state index in [1.165, 1.54) is 0 Å². The van der Waals surface area contributed by atoms with Gasteiger partial charge in [-0.15, -0.1) is 0 Å². The highest BCUT2D eigenvalue weighted by atomic mass is 19.3. The minimum absolute atomic E-state index is 0.00310. The van der Waals surface area contributed by atoms with E-state index in [1.807, 2.05) is 0 Å². The number of hydrogen-bond acceptors (Lipinski definition) is 5. The molecule has 0 aliphatic heterocycles. The van der Waals surface area contributed by atoms with Gasteiger partial charge in [0.1, 0.15) is 12.2 Å². The summed E-state index contributed by atoms with van der Waals surface area (Å²) in [5, 5.41) is 25.6. The lowest BCUT2D eigenvalue weighted by molar-refractivity contribution is -0.236. The molecule has 0 amide bonds. The van der Waals surface area contributed by atoms with Crippen LogP contribution in [0.25, 0.3) is 0 Å². The number of aldehydes is 1. The van der Waals surface area contributed by atoms with Crippen molar-refractivity contribution < 1.29 is 29.6 Å². The SMILES string of the molecule is O=C[C@H](O)[C@H](OF)[C@H](O)CO. The highest BCUT2D eigenvalue weighted by Gasteiger charge is 2.28. The Morgan fingerprint density at radius 2 is 2.09 bits per heavy atom. The summed E-state index contributed by atoms with van der Waals surface area (Å²) >= 11 is 0. The Kier molecular flexibility index (Phi) is 4.88. The Balaban J connectivity index is 4.02. The third kappa shape index (κ3) is 2.89. The highest BCUT2D eigenvalue weighted by molar-refractivity contribution is 5.56. The molecule has 0 saturated heterocycles. The number of halogens is 1. The zero-order valence-corrected chi connectivity index (χ0v) is 5.55. The molecule has 3 atom stereocenters. The van der Waals surface area contributed by atoms with Crippen molar-refractivity contribution in [1.82, 2.24) is 0 Å². The summed E-state index contributed by atoms with van der Waals surface area (Å²) in [7, 11) is 0. The average molecular weight is 168 g/mol. The van der Waals surface area contributed by atoms with Gasteiger partial charge in [-0.2, -0.15) is 4.94 Å². The van der Waals surface area contributed by atoms with Crippen LogP contribution in [0.4, 0.5) is 4.53 Å². The van der Waals surface area contributed by atoms with Crippen molar-refractivity contribution in [2.24, 2.45) is 0 Å². The minimum Gasteiger partial charge on any atom is -0.394 e. The summed E-state index contributed by atoms with van der Waals surface area (Å²) in [6.45, 7) is -0.792. The smallest absolute Gasteiger partial charge is 0.159 e. The molecule has 66 valence electrons. The van der Waals surface area contributed by atoms with Crippen molar-refractivity contribution in [3.63, 3.8) is 0 Å². The maximum Gasteiger partial charge on any atom is 0.159 e. The Hall–Kier alpha value is -0.560. The lowest BCUT2D eigenvalue weighted by Gasteiger charge is -2.17. The molecule has 0 heterocycles. The molecule has 0 aromatic carbocycles. The monoisotopic (exact) mass is 168 g/mol. The second kappa shape index (κ2) is 5.14. The molecule has 0 radical (unpaired) electrons. The number of aliphatic hydroxyl groups is 3. The summed E-state index contributed by atoms with van der Waals surface area (Å²) in [4.78, 5) is 12.9. The Labute approximate surface area is 61.9 Å². The van der Waals surface area contributed by atoms with E-state index in [-0.39, 0.29) is 6.29 Å². The summed E-state index contributed by atoms with van der Waals surface area (Å²) < 4.78 is 11.4. The molecule has 0 aromatic rings. The number of aliphatic hydroxyl groups excluding tert-OH is 3. The third-order valence-corrected chi connectivity index (χ3v) is 1.15. The van der Waals surface area contributed by atoms with Crippen LogP contribution in [0.3, 0.4) is 0 Å². The molecule has 0 fully saturated rings. The summed E-state index contributed by atoms with van der Waals surface area (Å²) in [6, 6.07) is 0. The lowest BCUT2D eigenvalue weighted by atomic mass is 10.1. The van der Waals surface area contributed by atoms with Crippen LogP contribution in [-0.4, -0.2) is 46.5 Å². The molecule has 0 bridgehead atoms. The molecule has 5 nitrogen and oxygen atoms in total. The summed E-state index contributed by atoms with van der Waals surface area (Å²) in [5.74, 6) is 0. The van der Waals surface area contributed by atoms with Gasteiger partial charge < -0.3 is 20.1 Å². The first-order valence-corrected chi connectivity index (χ1v) is 2.87. The lowest BCUT2D eigenvalue weighted by Crippen LogP contribution is -2.41. The van der Waals surface area contributed by atoms with Crippen molar-refractivity contribution >= 4 is 6.29 Å². The number of carbonyl (C=O) groups excluding carboxylic acids is 1. The molecule has 0 unspecified atom stereocenters. The predicted octanol–water partition coefficient (Wildman–Crippen LogP) is -1.83. The van der Waals surface area contributed by atoms with Crippen molar-refractivity contribution in [2.75, 3.05) is 6.61 Å². The van der Waals surface area contributed by atoms with Gasteiger partial charge in [0.25, 0.3) is 0 Å². The quantitative estimate of drug-likeness (QED) is 0.420. The molecule has 6 heteroatoms. The van der Waals surface area contributed by atoms with E-state index in [1.54, 1.807) is 0 Å². The molecule has 11 heavy (non-hydrogen) atoms. The molecular weight excluding hydrogens is 159 g/mol. The average Bonchev–Trinajstić information content (AvgIpc) is 2.05. The van der Waals surface area contributed by atoms with Gasteiger partial charge in [0.05, 0.1) is 6.61 Å². The first-order chi connectivity index (χ1) is 5.17. The molecule has 0 rings (SSSR count). The van der Waals surface area contributed by atoms with E-state index in [0.717, 1.165) is 0 Å². The van der Waals surface area contributed by atoms with E-state index in [0.29, 0.717) is 0 Å². The molecule has 0 aromatic heterocycles. The first-order valence-electron chi connectivity index (χ1n) is 2.87. The topological polar surface area (TPSA) is 87.0 Å². The first kappa shape index (κ1) is 10.4. The Morgan fingerprint density at radius 1 is 1.55 bits per heavy atom. The van der Waals surface area contributed by atoms with Crippen molar-refractivity contribution in [3.8, 4) is 0 Å². The fraction of sp³-hybridized carbons (Fsp3) is 0.800. The van der Waals surface area contributed by atoms with Gasteiger partial charge in [-0.1, -0.05) is 0 Å². The van der Waals surface area contributed by atoms with Gasteiger partial charge in [-0.3, -0.25) is 0 Å². The molecule has 0 aliphatic carbocycles. The van der Waals surface area contributed by atoms with Crippen molar-refractivity contribution in [2.45, 2.75) is 18.3 Å². The van der Waals surface area contributed by atoms with E-state index in [2.05, 4.69) is 4.94 Å². The minimum atomic E-state index is -1.78. The Bertz CT molecular complexity index is 119. The second-order valence-electron chi connectivity index (χ2n) is 1.93. The van der Waals surface area contributed by atoms with Gasteiger partial charge in [-0.05, 0) is 4.53 Å². The van der Waals surface area contributed by atoms with Gasteiger partial charge >= 0.3 is 0 Å². The zero-order valence-electron chi connectivity index (χ0n) is 5.55. The van der Waals surface area contributed by atoms with Gasteiger partial charge in [-0.25, -0.2) is 0 Å². The second-order valence-corrected chi connectivity index (χ2v) is 1.93. The Morgan fingerprint density at radius 3 is 2.36 bits per heavy atom. The van der Waals surface area contributed by atoms with Gasteiger partial charge in [0, 0.05) is 0 Å². The molecule has 0 spiro atoms. The number of carbonyl (C=O) groups is 1. The van der Waals surface area contributed by atoms with Gasteiger partial charge in [0.2, 0.25) is 0 Å². The van der Waals surface area contributed by atoms with Crippen LogP contribution in [0.1, 0.15) is 0 Å². The maximum atomic E-state index is 11.4. The fourth-order valence-corrected chi connectivity index (χ4v) is 0.521. The molecule has 0 saturated carbocycles. The normalized spacial score (nSPS) is 18.9. The third-order valence-electron chi connectivity index (χ3n) is 1.15. The zero-order chi connectivity index (χ0) is 8.85. The van der Waals surface area contributed by atoms with Crippen LogP contribution in [0, 0.1) is 0 Å².